The van der Waals surface area contributed by atoms with Gasteiger partial charge in [0.25, 0.3) is 0 Å². The molecule has 0 atom stereocenters. The predicted molar refractivity (Wildman–Crippen MR) is 106 cm³/mol. The number of rotatable bonds is 6. The molecule has 0 unspecified atom stereocenters. The van der Waals surface area contributed by atoms with Crippen molar-refractivity contribution in [1.82, 2.24) is 10.2 Å². The van der Waals surface area contributed by atoms with E-state index in [1.54, 1.807) is 0 Å². The summed E-state index contributed by atoms with van der Waals surface area (Å²) in [5, 5.41) is 5.03. The molecule has 0 aromatic heterocycles. The Morgan fingerprint density at radius 2 is 2.07 bits per heavy atom. The first kappa shape index (κ1) is 18.0. The molecule has 1 aromatic carbocycles. The summed E-state index contributed by atoms with van der Waals surface area (Å²) in [6.45, 7) is 5.03. The summed E-state index contributed by atoms with van der Waals surface area (Å²) in [6.07, 6.45) is 5.13. The second kappa shape index (κ2) is 8.13. The minimum Gasteiger partial charge on any atom is -0.374 e. The van der Waals surface area contributed by atoms with Crippen LogP contribution in [0.25, 0.3) is 0 Å². The molecule has 6 heteroatoms. The fourth-order valence-electron chi connectivity index (χ4n) is 3.65. The Kier molecular flexibility index (Phi) is 5.43. The second-order valence-corrected chi connectivity index (χ2v) is 7.44. The Bertz CT molecular complexity index is 740. The zero-order valence-electron chi connectivity index (χ0n) is 16.0. The van der Waals surface area contributed by atoms with Gasteiger partial charge in [0.15, 0.2) is 5.76 Å². The van der Waals surface area contributed by atoms with Gasteiger partial charge in [0.05, 0.1) is 23.8 Å². The molecule has 0 spiro atoms. The topological polar surface area (TPSA) is 57.2 Å². The third-order valence-electron chi connectivity index (χ3n) is 5.41. The van der Waals surface area contributed by atoms with E-state index in [-0.39, 0.29) is 11.8 Å². The van der Waals surface area contributed by atoms with Gasteiger partial charge in [-0.3, -0.25) is 4.79 Å². The fourth-order valence-corrected chi connectivity index (χ4v) is 3.65. The molecule has 1 aromatic rings. The van der Waals surface area contributed by atoms with Gasteiger partial charge in [0.2, 0.25) is 5.91 Å². The van der Waals surface area contributed by atoms with Crippen molar-refractivity contribution in [3.63, 3.8) is 0 Å². The Labute approximate surface area is 160 Å². The molecular formula is C21H28N4O2. The largest absolute Gasteiger partial charge is 0.374 e. The van der Waals surface area contributed by atoms with Gasteiger partial charge in [-0.2, -0.15) is 5.06 Å². The fraction of sp³-hybridized carbons (Fsp3) is 0.524. The molecule has 3 aliphatic rings. The molecule has 0 aliphatic carbocycles. The number of aliphatic imine (C=N–C) groups is 1. The summed E-state index contributed by atoms with van der Waals surface area (Å²) < 4.78 is 0. The van der Waals surface area contributed by atoms with Crippen LogP contribution < -0.4 is 10.4 Å². The van der Waals surface area contributed by atoms with Crippen LogP contribution in [0.2, 0.25) is 0 Å². The average Bonchev–Trinajstić information content (AvgIpc) is 2.66. The van der Waals surface area contributed by atoms with E-state index in [4.69, 9.17) is 9.83 Å². The smallest absolute Gasteiger partial charge is 0.228 e. The standard InChI is InChI=1S/C21H28N4O2/c1-2-3-5-10-20-23-18-11-12-24(21(26)16-13-22-14-16)15-19(18)27-25(20)17-8-6-4-7-9-17/h4,6-9,16,22H,2-3,5,10-15H2,1H3. The van der Waals surface area contributed by atoms with Gasteiger partial charge in [-0.05, 0) is 18.6 Å². The van der Waals surface area contributed by atoms with Crippen LogP contribution in [0, 0.1) is 5.92 Å². The van der Waals surface area contributed by atoms with E-state index in [9.17, 15) is 4.79 Å². The van der Waals surface area contributed by atoms with Crippen LogP contribution in [-0.2, 0) is 9.63 Å². The molecule has 144 valence electrons. The van der Waals surface area contributed by atoms with Gasteiger partial charge in [-0.25, -0.2) is 4.99 Å². The summed E-state index contributed by atoms with van der Waals surface area (Å²) in [7, 11) is 0. The number of nitrogens with one attached hydrogen (secondary N) is 1. The maximum absolute atomic E-state index is 12.6. The molecule has 1 amide bonds. The first-order chi connectivity index (χ1) is 13.3. The van der Waals surface area contributed by atoms with Crippen molar-refractivity contribution in [2.24, 2.45) is 10.9 Å². The lowest BCUT2D eigenvalue weighted by Gasteiger charge is -2.38. The van der Waals surface area contributed by atoms with Gasteiger partial charge in [0.1, 0.15) is 5.84 Å². The van der Waals surface area contributed by atoms with Gasteiger partial charge in [-0.1, -0.05) is 38.0 Å². The molecule has 3 aliphatic heterocycles. The number of amides is 1. The maximum Gasteiger partial charge on any atom is 0.228 e. The lowest BCUT2D eigenvalue weighted by molar-refractivity contribution is -0.137. The molecule has 3 heterocycles. The molecule has 1 saturated heterocycles. The van der Waals surface area contributed by atoms with Gasteiger partial charge >= 0.3 is 0 Å². The Morgan fingerprint density at radius 1 is 1.26 bits per heavy atom. The van der Waals surface area contributed by atoms with E-state index < -0.39 is 0 Å². The average molecular weight is 368 g/mol. The number of hydroxylamine groups is 1. The quantitative estimate of drug-likeness (QED) is 0.784. The first-order valence-electron chi connectivity index (χ1n) is 10.1. The highest BCUT2D eigenvalue weighted by molar-refractivity contribution is 5.97. The van der Waals surface area contributed by atoms with Crippen LogP contribution in [-0.4, -0.2) is 42.8 Å². The molecule has 27 heavy (non-hydrogen) atoms. The maximum atomic E-state index is 12.6. The summed E-state index contributed by atoms with van der Waals surface area (Å²) in [6, 6.07) is 10.1. The van der Waals surface area contributed by atoms with E-state index in [1.807, 2.05) is 40.3 Å². The molecule has 1 N–H and O–H groups in total. The first-order valence-corrected chi connectivity index (χ1v) is 10.1. The molecule has 1 fully saturated rings. The zero-order valence-corrected chi connectivity index (χ0v) is 16.0. The Balaban J connectivity index is 1.54. The summed E-state index contributed by atoms with van der Waals surface area (Å²) in [5.74, 6) is 2.13. The second-order valence-electron chi connectivity index (χ2n) is 7.44. The molecular weight excluding hydrogens is 340 g/mol. The number of amidine groups is 1. The SMILES string of the molecule is CCCCCC1=NC2=C(CN(C(=O)C3CNC3)CC2)ON1c1ccccc1. The molecule has 0 bridgehead atoms. The normalized spacial score (nSPS) is 20.0. The highest BCUT2D eigenvalue weighted by Crippen LogP contribution is 2.30. The third-order valence-corrected chi connectivity index (χ3v) is 5.41. The monoisotopic (exact) mass is 368 g/mol. The minimum atomic E-state index is 0.120. The van der Waals surface area contributed by atoms with Crippen molar-refractivity contribution in [1.29, 1.82) is 0 Å². The molecule has 0 saturated carbocycles. The van der Waals surface area contributed by atoms with Crippen molar-refractivity contribution >= 4 is 17.4 Å². The number of carbonyl (C=O) groups excluding carboxylic acids is 1. The van der Waals surface area contributed by atoms with Crippen LogP contribution in [0.15, 0.2) is 46.8 Å². The predicted octanol–water partition coefficient (Wildman–Crippen LogP) is 3.08. The Morgan fingerprint density at radius 3 is 2.78 bits per heavy atom. The zero-order chi connectivity index (χ0) is 18.6. The van der Waals surface area contributed by atoms with Crippen LogP contribution in [0.5, 0.6) is 0 Å². The van der Waals surface area contributed by atoms with Crippen molar-refractivity contribution in [3.05, 3.63) is 41.8 Å². The summed E-state index contributed by atoms with van der Waals surface area (Å²) in [5.41, 5.74) is 1.98. The van der Waals surface area contributed by atoms with Crippen LogP contribution >= 0.6 is 0 Å². The lowest BCUT2D eigenvalue weighted by atomic mass is 10.0. The van der Waals surface area contributed by atoms with Crippen LogP contribution in [0.3, 0.4) is 0 Å². The van der Waals surface area contributed by atoms with Crippen molar-refractivity contribution < 1.29 is 9.63 Å². The molecule has 6 nitrogen and oxygen atoms in total. The van der Waals surface area contributed by atoms with E-state index >= 15 is 0 Å². The molecule has 0 radical (unpaired) electrons. The van der Waals surface area contributed by atoms with E-state index in [0.29, 0.717) is 6.54 Å². The number of benzene rings is 1. The number of hydrogen-bond donors (Lipinski definition) is 1. The number of hydrogen-bond acceptors (Lipinski definition) is 5. The van der Waals surface area contributed by atoms with Crippen LogP contribution in [0.4, 0.5) is 5.69 Å². The van der Waals surface area contributed by atoms with Gasteiger partial charge in [0, 0.05) is 32.5 Å². The lowest BCUT2D eigenvalue weighted by Crippen LogP contribution is -2.53. The number of para-hydroxylation sites is 1. The minimum absolute atomic E-state index is 0.120. The van der Waals surface area contributed by atoms with Crippen molar-refractivity contribution in [3.8, 4) is 0 Å². The highest BCUT2D eigenvalue weighted by Gasteiger charge is 2.35. The highest BCUT2D eigenvalue weighted by atomic mass is 16.7. The number of nitrogens with zero attached hydrogens (tertiary/aromatic N) is 3. The van der Waals surface area contributed by atoms with Crippen LogP contribution in [0.1, 0.15) is 39.0 Å². The number of anilines is 1. The van der Waals surface area contributed by atoms with Gasteiger partial charge in [-0.15, -0.1) is 0 Å². The number of unbranched alkanes of at least 4 members (excludes halogenated alkanes) is 2. The van der Waals surface area contributed by atoms with Crippen molar-refractivity contribution in [2.45, 2.75) is 39.0 Å². The Hall–Kier alpha value is -2.34. The number of carbonyl (C=O) groups is 1. The summed E-state index contributed by atoms with van der Waals surface area (Å²) >= 11 is 0. The third kappa shape index (κ3) is 3.86. The van der Waals surface area contributed by atoms with Crippen molar-refractivity contribution in [2.75, 3.05) is 31.2 Å². The van der Waals surface area contributed by atoms with Gasteiger partial charge < -0.3 is 15.1 Å². The van der Waals surface area contributed by atoms with E-state index in [2.05, 4.69) is 12.2 Å². The van der Waals surface area contributed by atoms with E-state index in [0.717, 1.165) is 61.9 Å². The summed E-state index contributed by atoms with van der Waals surface area (Å²) in [4.78, 5) is 25.8. The molecule has 4 rings (SSSR count). The van der Waals surface area contributed by atoms with E-state index in [1.165, 1.54) is 12.8 Å².